The van der Waals surface area contributed by atoms with E-state index in [1.807, 2.05) is 24.3 Å². The molecule has 0 radical (unpaired) electrons. The second-order valence-electron chi connectivity index (χ2n) is 4.57. The van der Waals surface area contributed by atoms with Gasteiger partial charge in [-0.15, -0.1) is 0 Å². The van der Waals surface area contributed by atoms with Crippen LogP contribution in [0.15, 0.2) is 24.3 Å². The largest absolute Gasteiger partial charge is 0.399 e. The fourth-order valence-electron chi connectivity index (χ4n) is 2.28. The minimum Gasteiger partial charge on any atom is -0.399 e. The third-order valence-electron chi connectivity index (χ3n) is 3.30. The average molecular weight is 233 g/mol. The van der Waals surface area contributed by atoms with Gasteiger partial charge in [-0.3, -0.25) is 4.79 Å². The number of hydrogen-bond acceptors (Lipinski definition) is 3. The molecule has 2 rings (SSSR count). The van der Waals surface area contributed by atoms with Gasteiger partial charge >= 0.3 is 0 Å². The zero-order valence-corrected chi connectivity index (χ0v) is 10.1. The molecule has 1 heterocycles. The summed E-state index contributed by atoms with van der Waals surface area (Å²) in [5, 5.41) is 2.68. The Hall–Kier alpha value is -1.71. The van der Waals surface area contributed by atoms with E-state index >= 15 is 0 Å². The highest BCUT2D eigenvalue weighted by molar-refractivity contribution is 5.76. The lowest BCUT2D eigenvalue weighted by molar-refractivity contribution is -0.121. The van der Waals surface area contributed by atoms with E-state index in [-0.39, 0.29) is 5.91 Å². The van der Waals surface area contributed by atoms with Crippen molar-refractivity contribution in [1.82, 2.24) is 5.32 Å². The Morgan fingerprint density at radius 2 is 2.18 bits per heavy atom. The molecule has 17 heavy (non-hydrogen) atoms. The molecular weight excluding hydrogens is 214 g/mol. The molecule has 1 aromatic carbocycles. The molecule has 0 spiro atoms. The van der Waals surface area contributed by atoms with Gasteiger partial charge in [0.05, 0.1) is 0 Å². The van der Waals surface area contributed by atoms with Crippen LogP contribution in [0.4, 0.5) is 11.4 Å². The Morgan fingerprint density at radius 1 is 1.47 bits per heavy atom. The van der Waals surface area contributed by atoms with Crippen molar-refractivity contribution >= 4 is 17.3 Å². The Bertz CT molecular complexity index is 388. The van der Waals surface area contributed by atoms with Crippen molar-refractivity contribution in [2.24, 2.45) is 5.92 Å². The predicted octanol–water partition coefficient (Wildman–Crippen LogP) is 1.23. The maximum Gasteiger partial charge on any atom is 0.220 e. The van der Waals surface area contributed by atoms with Crippen molar-refractivity contribution in [2.45, 2.75) is 12.8 Å². The topological polar surface area (TPSA) is 58.4 Å². The number of nitrogen functional groups attached to an aromatic ring is 1. The van der Waals surface area contributed by atoms with Crippen molar-refractivity contribution in [3.63, 3.8) is 0 Å². The van der Waals surface area contributed by atoms with E-state index < -0.39 is 0 Å². The molecule has 1 aliphatic rings. The van der Waals surface area contributed by atoms with Gasteiger partial charge in [0.1, 0.15) is 0 Å². The number of hydrogen-bond donors (Lipinski definition) is 2. The number of anilines is 2. The fraction of sp³-hybridized carbons (Fsp3) is 0.462. The molecule has 0 bridgehead atoms. The highest BCUT2D eigenvalue weighted by Gasteiger charge is 2.24. The summed E-state index contributed by atoms with van der Waals surface area (Å²) in [6, 6.07) is 7.91. The molecule has 1 aromatic rings. The molecule has 1 amide bonds. The number of carbonyl (C=O) groups is 1. The Labute approximate surface area is 102 Å². The van der Waals surface area contributed by atoms with Crippen LogP contribution in [0.2, 0.25) is 0 Å². The number of nitrogens with two attached hydrogens (primary N) is 1. The summed E-state index contributed by atoms with van der Waals surface area (Å²) >= 11 is 0. The molecular formula is C13H19N3O. The number of rotatable bonds is 3. The molecule has 1 fully saturated rings. The van der Waals surface area contributed by atoms with E-state index in [0.29, 0.717) is 12.3 Å². The van der Waals surface area contributed by atoms with Crippen LogP contribution in [0.25, 0.3) is 0 Å². The van der Waals surface area contributed by atoms with Crippen LogP contribution in [-0.4, -0.2) is 26.0 Å². The van der Waals surface area contributed by atoms with E-state index in [1.165, 1.54) is 5.69 Å². The summed E-state index contributed by atoms with van der Waals surface area (Å²) in [7, 11) is 1.69. The molecule has 1 saturated heterocycles. The van der Waals surface area contributed by atoms with Gasteiger partial charge in [0, 0.05) is 37.9 Å². The van der Waals surface area contributed by atoms with Gasteiger partial charge in [0.15, 0.2) is 0 Å². The van der Waals surface area contributed by atoms with Crippen molar-refractivity contribution in [1.29, 1.82) is 0 Å². The first-order valence-electron chi connectivity index (χ1n) is 6.00. The normalized spacial score (nSPS) is 19.4. The number of carbonyl (C=O) groups excluding carboxylic acids is 1. The molecule has 1 aliphatic heterocycles. The first kappa shape index (κ1) is 11.8. The maximum absolute atomic E-state index is 11.3. The van der Waals surface area contributed by atoms with E-state index in [1.54, 1.807) is 7.05 Å². The van der Waals surface area contributed by atoms with Crippen molar-refractivity contribution in [3.05, 3.63) is 24.3 Å². The molecule has 4 heteroatoms. The summed E-state index contributed by atoms with van der Waals surface area (Å²) in [5.74, 6) is 0.599. The lowest BCUT2D eigenvalue weighted by Crippen LogP contribution is -2.24. The standard InChI is InChI=1S/C13H19N3O/c1-15-13(17)8-10-6-7-16(9-10)12-4-2-11(14)3-5-12/h2-5,10H,6-9,14H2,1H3,(H,15,17). The molecule has 0 aromatic heterocycles. The second kappa shape index (κ2) is 5.08. The third kappa shape index (κ3) is 2.90. The van der Waals surface area contributed by atoms with Gasteiger partial charge in [-0.05, 0) is 36.6 Å². The SMILES string of the molecule is CNC(=O)CC1CCN(c2ccc(N)cc2)C1. The van der Waals surface area contributed by atoms with E-state index in [9.17, 15) is 4.79 Å². The van der Waals surface area contributed by atoms with Crippen LogP contribution < -0.4 is 16.0 Å². The minimum atomic E-state index is 0.133. The zero-order valence-electron chi connectivity index (χ0n) is 10.1. The molecule has 4 nitrogen and oxygen atoms in total. The third-order valence-corrected chi connectivity index (χ3v) is 3.30. The van der Waals surface area contributed by atoms with Crippen LogP contribution >= 0.6 is 0 Å². The summed E-state index contributed by atoms with van der Waals surface area (Å²) in [5.41, 5.74) is 7.65. The quantitative estimate of drug-likeness (QED) is 0.772. The van der Waals surface area contributed by atoms with Crippen LogP contribution in [0.3, 0.4) is 0 Å². The number of amides is 1. The number of nitrogens with one attached hydrogen (secondary N) is 1. The number of nitrogens with zero attached hydrogens (tertiary/aromatic N) is 1. The lowest BCUT2D eigenvalue weighted by Gasteiger charge is -2.18. The van der Waals surface area contributed by atoms with Crippen LogP contribution in [-0.2, 0) is 4.79 Å². The Morgan fingerprint density at radius 3 is 2.82 bits per heavy atom. The Kier molecular flexibility index (Phi) is 3.52. The Balaban J connectivity index is 1.93. The van der Waals surface area contributed by atoms with E-state index in [2.05, 4.69) is 10.2 Å². The highest BCUT2D eigenvalue weighted by atomic mass is 16.1. The zero-order chi connectivity index (χ0) is 12.3. The van der Waals surface area contributed by atoms with Gasteiger partial charge in [-0.25, -0.2) is 0 Å². The van der Waals surface area contributed by atoms with E-state index in [0.717, 1.165) is 25.2 Å². The summed E-state index contributed by atoms with van der Waals surface area (Å²) in [4.78, 5) is 13.6. The smallest absolute Gasteiger partial charge is 0.220 e. The van der Waals surface area contributed by atoms with Crippen molar-refractivity contribution in [3.8, 4) is 0 Å². The molecule has 1 atom stereocenters. The monoisotopic (exact) mass is 233 g/mol. The highest BCUT2D eigenvalue weighted by Crippen LogP contribution is 2.26. The molecule has 3 N–H and O–H groups in total. The van der Waals surface area contributed by atoms with Gasteiger partial charge in [0.2, 0.25) is 5.91 Å². The molecule has 92 valence electrons. The first-order chi connectivity index (χ1) is 8.19. The van der Waals surface area contributed by atoms with Crippen LogP contribution in [0.5, 0.6) is 0 Å². The molecule has 1 unspecified atom stereocenters. The van der Waals surface area contributed by atoms with Gasteiger partial charge < -0.3 is 16.0 Å². The minimum absolute atomic E-state index is 0.133. The molecule has 0 saturated carbocycles. The van der Waals surface area contributed by atoms with Gasteiger partial charge in [-0.2, -0.15) is 0 Å². The lowest BCUT2D eigenvalue weighted by atomic mass is 10.0. The summed E-state index contributed by atoms with van der Waals surface area (Å²) in [6.45, 7) is 1.98. The summed E-state index contributed by atoms with van der Waals surface area (Å²) < 4.78 is 0. The van der Waals surface area contributed by atoms with E-state index in [4.69, 9.17) is 5.73 Å². The maximum atomic E-state index is 11.3. The predicted molar refractivity (Wildman–Crippen MR) is 69.9 cm³/mol. The average Bonchev–Trinajstić information content (AvgIpc) is 2.78. The van der Waals surface area contributed by atoms with Gasteiger partial charge in [0.25, 0.3) is 0 Å². The first-order valence-corrected chi connectivity index (χ1v) is 6.00. The van der Waals surface area contributed by atoms with Crippen molar-refractivity contribution < 1.29 is 4.79 Å². The number of benzene rings is 1. The molecule has 0 aliphatic carbocycles. The van der Waals surface area contributed by atoms with Crippen LogP contribution in [0, 0.1) is 5.92 Å². The fourth-order valence-corrected chi connectivity index (χ4v) is 2.28. The summed E-state index contributed by atoms with van der Waals surface area (Å²) in [6.07, 6.45) is 1.71. The van der Waals surface area contributed by atoms with Crippen LogP contribution in [0.1, 0.15) is 12.8 Å². The van der Waals surface area contributed by atoms with Crippen molar-refractivity contribution in [2.75, 3.05) is 30.8 Å². The van der Waals surface area contributed by atoms with Gasteiger partial charge in [-0.1, -0.05) is 0 Å². The second-order valence-corrected chi connectivity index (χ2v) is 4.57.